The molecule has 12 rings (SSSR count). The summed E-state index contributed by atoms with van der Waals surface area (Å²) in [7, 11) is 0. The molecule has 0 aliphatic rings. The Balaban J connectivity index is 0.995. The largest absolute Gasteiger partial charge is 0.309 e. The lowest BCUT2D eigenvalue weighted by Crippen LogP contribution is -2.12. The van der Waals surface area contributed by atoms with Crippen molar-refractivity contribution in [3.8, 4) is 50.2 Å². The Hall–Kier alpha value is -8.46. The van der Waals surface area contributed by atoms with Gasteiger partial charge in [-0.1, -0.05) is 200 Å². The van der Waals surface area contributed by atoms with Gasteiger partial charge in [0.15, 0.2) is 0 Å². The number of hydrogen-bond donors (Lipinski definition) is 0. The minimum absolute atomic E-state index is 1.08. The third-order valence-corrected chi connectivity index (χ3v) is 12.8. The molecule has 0 spiro atoms. The molecule has 0 unspecified atom stereocenters. The average Bonchev–Trinajstić information content (AvgIpc) is 3.69. The van der Waals surface area contributed by atoms with Gasteiger partial charge in [0.1, 0.15) is 0 Å². The van der Waals surface area contributed by atoms with Crippen molar-refractivity contribution >= 4 is 60.4 Å². The number of benzene rings is 11. The fourth-order valence-electron chi connectivity index (χ4n) is 9.70. The van der Waals surface area contributed by atoms with E-state index in [9.17, 15) is 0 Å². The SMILES string of the molecule is c1ccc(-c2ccc(-c3ccccc3N(c3ccc(-c4cccc5ccccc45)cc3)c3ccccc3-c3ccc(-n4c5ccccc5c5cc6ccccc6cc54)cc3)cc2)cc1. The van der Waals surface area contributed by atoms with Crippen LogP contribution in [0.15, 0.2) is 255 Å². The van der Waals surface area contributed by atoms with Gasteiger partial charge in [0.05, 0.1) is 22.4 Å². The summed E-state index contributed by atoms with van der Waals surface area (Å²) in [6, 6.07) is 92.7. The topological polar surface area (TPSA) is 8.17 Å². The monoisotopic (exact) mass is 814 g/mol. The molecule has 0 amide bonds. The van der Waals surface area contributed by atoms with Crippen LogP contribution in [0.4, 0.5) is 17.1 Å². The summed E-state index contributed by atoms with van der Waals surface area (Å²) in [5, 5.41) is 7.50. The van der Waals surface area contributed by atoms with E-state index in [4.69, 9.17) is 0 Å². The summed E-state index contributed by atoms with van der Waals surface area (Å²) in [5.41, 5.74) is 16.3. The molecule has 300 valence electrons. The van der Waals surface area contributed by atoms with Crippen LogP contribution in [-0.2, 0) is 0 Å². The van der Waals surface area contributed by atoms with E-state index in [0.29, 0.717) is 0 Å². The first-order chi connectivity index (χ1) is 31.7. The van der Waals surface area contributed by atoms with Crippen molar-refractivity contribution in [1.29, 1.82) is 0 Å². The van der Waals surface area contributed by atoms with Crippen molar-refractivity contribution in [2.45, 2.75) is 0 Å². The van der Waals surface area contributed by atoms with Gasteiger partial charge in [0, 0.05) is 33.3 Å². The second-order valence-electron chi connectivity index (χ2n) is 16.5. The summed E-state index contributed by atoms with van der Waals surface area (Å²) in [4.78, 5) is 2.44. The van der Waals surface area contributed by atoms with Gasteiger partial charge < -0.3 is 9.47 Å². The normalized spacial score (nSPS) is 11.4. The van der Waals surface area contributed by atoms with Crippen molar-refractivity contribution in [3.05, 3.63) is 255 Å². The maximum absolute atomic E-state index is 2.44. The van der Waals surface area contributed by atoms with E-state index in [1.807, 2.05) is 0 Å². The van der Waals surface area contributed by atoms with Crippen molar-refractivity contribution in [2.24, 2.45) is 0 Å². The number of para-hydroxylation sites is 3. The molecule has 0 bridgehead atoms. The smallest absolute Gasteiger partial charge is 0.0547 e. The van der Waals surface area contributed by atoms with Gasteiger partial charge in [-0.2, -0.15) is 0 Å². The standard InChI is InChI=1S/C62H42N2/c1-2-15-43(16-3-1)44-29-31-47(32-30-44)55-22-8-11-26-59(55)63(51-37-33-46(34-38-51)54-25-14-20-45-17-6-7-21-53(45)54)60-27-12-9-23-56(60)48-35-39-52(40-36-48)64-61-28-13-10-24-57(61)58-41-49-18-4-5-19-50(49)42-62(58)64/h1-42H. The van der Waals surface area contributed by atoms with Gasteiger partial charge in [-0.25, -0.2) is 0 Å². The predicted octanol–water partition coefficient (Wildman–Crippen LogP) is 17.2. The van der Waals surface area contributed by atoms with Gasteiger partial charge in [-0.15, -0.1) is 0 Å². The number of hydrogen-bond acceptors (Lipinski definition) is 1. The minimum atomic E-state index is 1.08. The first kappa shape index (κ1) is 37.3. The molecule has 0 aliphatic carbocycles. The molecule has 0 N–H and O–H groups in total. The van der Waals surface area contributed by atoms with E-state index >= 15 is 0 Å². The molecule has 0 saturated heterocycles. The molecule has 11 aromatic carbocycles. The van der Waals surface area contributed by atoms with E-state index in [1.165, 1.54) is 65.6 Å². The highest BCUT2D eigenvalue weighted by Crippen LogP contribution is 2.46. The first-order valence-corrected chi connectivity index (χ1v) is 22.0. The van der Waals surface area contributed by atoms with Crippen LogP contribution in [0.25, 0.3) is 93.5 Å². The molecule has 0 saturated carbocycles. The Morgan fingerprint density at radius 2 is 0.734 bits per heavy atom. The molecule has 0 fully saturated rings. The Labute approximate surface area is 373 Å². The van der Waals surface area contributed by atoms with Crippen LogP contribution >= 0.6 is 0 Å². The summed E-state index contributed by atoms with van der Waals surface area (Å²) < 4.78 is 2.41. The second kappa shape index (κ2) is 15.8. The predicted molar refractivity (Wildman–Crippen MR) is 272 cm³/mol. The summed E-state index contributed by atoms with van der Waals surface area (Å²) >= 11 is 0. The van der Waals surface area contributed by atoms with E-state index in [0.717, 1.165) is 45.0 Å². The maximum atomic E-state index is 2.44. The number of rotatable bonds is 8. The van der Waals surface area contributed by atoms with Crippen LogP contribution in [0.2, 0.25) is 0 Å². The zero-order chi connectivity index (χ0) is 42.4. The highest BCUT2D eigenvalue weighted by atomic mass is 15.1. The fourth-order valence-corrected chi connectivity index (χ4v) is 9.70. The van der Waals surface area contributed by atoms with Gasteiger partial charge in [-0.05, 0) is 110 Å². The Bertz CT molecular complexity index is 3630. The molecular formula is C62H42N2. The first-order valence-electron chi connectivity index (χ1n) is 22.0. The fraction of sp³-hybridized carbons (Fsp3) is 0. The number of nitrogens with zero attached hydrogens (tertiary/aromatic N) is 2. The number of aromatic nitrogens is 1. The Morgan fingerprint density at radius 3 is 1.44 bits per heavy atom. The van der Waals surface area contributed by atoms with Crippen molar-refractivity contribution in [2.75, 3.05) is 4.90 Å². The molecule has 64 heavy (non-hydrogen) atoms. The van der Waals surface area contributed by atoms with Gasteiger partial charge >= 0.3 is 0 Å². The molecule has 1 heterocycles. The van der Waals surface area contributed by atoms with Crippen LogP contribution in [0.5, 0.6) is 0 Å². The minimum Gasteiger partial charge on any atom is -0.309 e. The highest BCUT2D eigenvalue weighted by molar-refractivity contribution is 6.13. The number of anilines is 3. The summed E-state index contributed by atoms with van der Waals surface area (Å²) in [5.74, 6) is 0. The van der Waals surface area contributed by atoms with Gasteiger partial charge in [0.25, 0.3) is 0 Å². The third kappa shape index (κ3) is 6.52. The molecule has 2 heteroatoms. The molecule has 2 nitrogen and oxygen atoms in total. The zero-order valence-electron chi connectivity index (χ0n) is 35.1. The average molecular weight is 815 g/mol. The third-order valence-electron chi connectivity index (χ3n) is 12.8. The molecule has 0 radical (unpaired) electrons. The summed E-state index contributed by atoms with van der Waals surface area (Å²) in [6.45, 7) is 0. The zero-order valence-corrected chi connectivity index (χ0v) is 35.1. The van der Waals surface area contributed by atoms with Crippen molar-refractivity contribution in [3.63, 3.8) is 0 Å². The summed E-state index contributed by atoms with van der Waals surface area (Å²) in [6.07, 6.45) is 0. The lowest BCUT2D eigenvalue weighted by Gasteiger charge is -2.30. The molecule has 12 aromatic rings. The van der Waals surface area contributed by atoms with E-state index in [2.05, 4.69) is 264 Å². The van der Waals surface area contributed by atoms with E-state index < -0.39 is 0 Å². The van der Waals surface area contributed by atoms with E-state index in [-0.39, 0.29) is 0 Å². The lowest BCUT2D eigenvalue weighted by molar-refractivity contribution is 1.18. The number of fused-ring (bicyclic) bond motifs is 5. The van der Waals surface area contributed by atoms with Crippen LogP contribution in [0, 0.1) is 0 Å². The Morgan fingerprint density at radius 1 is 0.266 bits per heavy atom. The van der Waals surface area contributed by atoms with Crippen LogP contribution in [-0.4, -0.2) is 4.57 Å². The van der Waals surface area contributed by atoms with E-state index in [1.54, 1.807) is 0 Å². The second-order valence-corrected chi connectivity index (χ2v) is 16.5. The van der Waals surface area contributed by atoms with Gasteiger partial charge in [-0.3, -0.25) is 0 Å². The van der Waals surface area contributed by atoms with Crippen LogP contribution in [0.3, 0.4) is 0 Å². The van der Waals surface area contributed by atoms with Gasteiger partial charge in [0.2, 0.25) is 0 Å². The molecular weight excluding hydrogens is 773 g/mol. The molecule has 0 atom stereocenters. The lowest BCUT2D eigenvalue weighted by atomic mass is 9.96. The van der Waals surface area contributed by atoms with Crippen molar-refractivity contribution in [1.82, 2.24) is 4.57 Å². The molecule has 0 aliphatic heterocycles. The van der Waals surface area contributed by atoms with Crippen LogP contribution < -0.4 is 4.90 Å². The highest BCUT2D eigenvalue weighted by Gasteiger charge is 2.21. The maximum Gasteiger partial charge on any atom is 0.0547 e. The Kier molecular flexibility index (Phi) is 9.20. The molecule has 1 aromatic heterocycles. The van der Waals surface area contributed by atoms with Crippen molar-refractivity contribution < 1.29 is 0 Å². The quantitative estimate of drug-likeness (QED) is 0.148. The van der Waals surface area contributed by atoms with Crippen LogP contribution in [0.1, 0.15) is 0 Å².